The van der Waals surface area contributed by atoms with Gasteiger partial charge >= 0.3 is 0 Å². The average Bonchev–Trinajstić information content (AvgIpc) is 2.94. The van der Waals surface area contributed by atoms with Crippen LogP contribution in [0.1, 0.15) is 30.8 Å². The Hall–Kier alpha value is -1.65. The Kier molecular flexibility index (Phi) is 4.36. The quantitative estimate of drug-likeness (QED) is 0.730. The number of nitrogens with zero attached hydrogens (tertiary/aromatic N) is 1. The van der Waals surface area contributed by atoms with E-state index in [2.05, 4.69) is 46.4 Å². The summed E-state index contributed by atoms with van der Waals surface area (Å²) in [5, 5.41) is 4.65. The molecule has 4 heteroatoms. The second-order valence-corrected chi connectivity index (χ2v) is 5.80. The summed E-state index contributed by atoms with van der Waals surface area (Å²) in [5.41, 5.74) is 1.97. The molecule has 1 N–H and O–H groups in total. The molecular weight excluding hydrogens is 328 g/mol. The molecule has 1 atom stereocenters. The molecule has 0 amide bonds. The smallest absolute Gasteiger partial charge is 0.140 e. The molecule has 0 radical (unpaired) electrons. The van der Waals surface area contributed by atoms with E-state index in [-0.39, 0.29) is 6.04 Å². The van der Waals surface area contributed by atoms with Crippen LogP contribution in [0.4, 0.5) is 0 Å². The maximum absolute atomic E-state index is 5.64. The Balaban J connectivity index is 2.03. The van der Waals surface area contributed by atoms with Gasteiger partial charge in [-0.2, -0.15) is 0 Å². The largest absolute Gasteiger partial charge is 0.466 e. The molecule has 108 valence electrons. The predicted octanol–water partition coefficient (Wildman–Crippen LogP) is 4.68. The van der Waals surface area contributed by atoms with Crippen molar-refractivity contribution in [2.24, 2.45) is 0 Å². The summed E-state index contributed by atoms with van der Waals surface area (Å²) in [5.74, 6) is 0.867. The second kappa shape index (κ2) is 6.41. The van der Waals surface area contributed by atoms with Crippen molar-refractivity contribution >= 4 is 26.8 Å². The first-order valence-corrected chi connectivity index (χ1v) is 7.91. The van der Waals surface area contributed by atoms with Gasteiger partial charge in [0.1, 0.15) is 11.8 Å². The van der Waals surface area contributed by atoms with Crippen LogP contribution in [0.2, 0.25) is 0 Å². The van der Waals surface area contributed by atoms with Gasteiger partial charge in [0.15, 0.2) is 0 Å². The monoisotopic (exact) mass is 344 g/mol. The van der Waals surface area contributed by atoms with Crippen LogP contribution in [0.25, 0.3) is 10.9 Å². The van der Waals surface area contributed by atoms with E-state index in [9.17, 15) is 0 Å². The van der Waals surface area contributed by atoms with E-state index in [1.54, 1.807) is 6.26 Å². The van der Waals surface area contributed by atoms with Crippen LogP contribution < -0.4 is 5.32 Å². The lowest BCUT2D eigenvalue weighted by atomic mass is 10.1. The minimum atomic E-state index is -0.0427. The number of benzene rings is 1. The fourth-order valence-electron chi connectivity index (χ4n) is 2.37. The van der Waals surface area contributed by atoms with E-state index in [1.165, 1.54) is 0 Å². The highest BCUT2D eigenvalue weighted by molar-refractivity contribution is 9.10. The molecule has 3 rings (SSSR count). The lowest BCUT2D eigenvalue weighted by molar-refractivity contribution is 0.440. The molecule has 1 unspecified atom stereocenters. The summed E-state index contributed by atoms with van der Waals surface area (Å²) >= 11 is 3.54. The number of aromatic nitrogens is 1. The lowest BCUT2D eigenvalue weighted by Gasteiger charge is -2.17. The summed E-state index contributed by atoms with van der Waals surface area (Å²) < 4.78 is 6.60. The first-order valence-electron chi connectivity index (χ1n) is 7.11. The Bertz CT molecular complexity index is 738. The van der Waals surface area contributed by atoms with Crippen molar-refractivity contribution in [3.05, 3.63) is 64.7 Å². The van der Waals surface area contributed by atoms with E-state index < -0.39 is 0 Å². The highest BCUT2D eigenvalue weighted by Gasteiger charge is 2.20. The van der Waals surface area contributed by atoms with Crippen molar-refractivity contribution in [1.29, 1.82) is 0 Å². The minimum absolute atomic E-state index is 0.0427. The maximum atomic E-state index is 5.64. The number of fused-ring (bicyclic) bond motifs is 1. The van der Waals surface area contributed by atoms with E-state index in [0.717, 1.165) is 39.8 Å². The number of rotatable bonds is 5. The van der Waals surface area contributed by atoms with Crippen LogP contribution in [0.3, 0.4) is 0 Å². The molecule has 0 aliphatic carbocycles. The molecule has 0 aliphatic heterocycles. The average molecular weight is 345 g/mol. The molecule has 2 heterocycles. The maximum Gasteiger partial charge on any atom is 0.140 e. The standard InChI is InChI=1S/C17H17BrN2O/c1-2-10-19-16(17-13(18)9-11-21-17)15-8-7-12-5-3-4-6-14(12)20-15/h3-9,11,16,19H,2,10H2,1H3. The van der Waals surface area contributed by atoms with Crippen LogP contribution in [0.5, 0.6) is 0 Å². The zero-order valence-electron chi connectivity index (χ0n) is 11.8. The SMILES string of the molecule is CCCNC(c1ccc2ccccc2n1)c1occc1Br. The summed E-state index contributed by atoms with van der Waals surface area (Å²) in [4.78, 5) is 4.78. The normalized spacial score (nSPS) is 12.7. The topological polar surface area (TPSA) is 38.1 Å². The molecule has 3 nitrogen and oxygen atoms in total. The van der Waals surface area contributed by atoms with E-state index in [0.29, 0.717) is 0 Å². The van der Waals surface area contributed by atoms with Crippen molar-refractivity contribution < 1.29 is 4.42 Å². The predicted molar refractivity (Wildman–Crippen MR) is 88.3 cm³/mol. The van der Waals surface area contributed by atoms with Gasteiger partial charge in [-0.3, -0.25) is 4.98 Å². The minimum Gasteiger partial charge on any atom is -0.466 e. The third-order valence-corrected chi connectivity index (χ3v) is 4.08. The molecular formula is C17H17BrN2O. The van der Waals surface area contributed by atoms with Gasteiger partial charge < -0.3 is 9.73 Å². The van der Waals surface area contributed by atoms with Crippen LogP contribution in [-0.4, -0.2) is 11.5 Å². The molecule has 21 heavy (non-hydrogen) atoms. The van der Waals surface area contributed by atoms with Gasteiger partial charge in [0.25, 0.3) is 0 Å². The molecule has 0 fully saturated rings. The highest BCUT2D eigenvalue weighted by atomic mass is 79.9. The van der Waals surface area contributed by atoms with Gasteiger partial charge in [0, 0.05) is 5.39 Å². The Morgan fingerprint density at radius 1 is 1.19 bits per heavy atom. The van der Waals surface area contributed by atoms with Crippen molar-refractivity contribution in [3.8, 4) is 0 Å². The second-order valence-electron chi connectivity index (χ2n) is 4.95. The molecule has 0 saturated heterocycles. The van der Waals surface area contributed by atoms with Gasteiger partial charge in [-0.15, -0.1) is 0 Å². The van der Waals surface area contributed by atoms with E-state index in [4.69, 9.17) is 9.40 Å². The molecule has 0 bridgehead atoms. The van der Waals surface area contributed by atoms with Crippen LogP contribution in [-0.2, 0) is 0 Å². The fraction of sp³-hybridized carbons (Fsp3) is 0.235. The van der Waals surface area contributed by atoms with Gasteiger partial charge in [-0.25, -0.2) is 0 Å². The van der Waals surface area contributed by atoms with Gasteiger partial charge in [-0.1, -0.05) is 31.2 Å². The Labute approximate surface area is 132 Å². The number of pyridine rings is 1. The molecule has 2 aromatic heterocycles. The number of halogens is 1. The Morgan fingerprint density at radius 3 is 2.81 bits per heavy atom. The summed E-state index contributed by atoms with van der Waals surface area (Å²) in [7, 11) is 0. The number of para-hydroxylation sites is 1. The van der Waals surface area contributed by atoms with Crippen LogP contribution in [0.15, 0.2) is 57.6 Å². The zero-order chi connectivity index (χ0) is 14.7. The fourth-order valence-corrected chi connectivity index (χ4v) is 2.80. The van der Waals surface area contributed by atoms with Crippen molar-refractivity contribution in [1.82, 2.24) is 10.3 Å². The molecule has 3 aromatic rings. The van der Waals surface area contributed by atoms with Crippen molar-refractivity contribution in [2.75, 3.05) is 6.54 Å². The van der Waals surface area contributed by atoms with E-state index in [1.807, 2.05) is 24.3 Å². The first-order chi connectivity index (χ1) is 10.3. The zero-order valence-corrected chi connectivity index (χ0v) is 13.4. The van der Waals surface area contributed by atoms with Crippen molar-refractivity contribution in [3.63, 3.8) is 0 Å². The number of furan rings is 1. The van der Waals surface area contributed by atoms with Gasteiger partial charge in [0.05, 0.1) is 21.9 Å². The van der Waals surface area contributed by atoms with E-state index >= 15 is 0 Å². The Morgan fingerprint density at radius 2 is 2.05 bits per heavy atom. The summed E-state index contributed by atoms with van der Waals surface area (Å²) in [6, 6.07) is 14.2. The number of nitrogens with one attached hydrogen (secondary N) is 1. The number of hydrogen-bond acceptors (Lipinski definition) is 3. The van der Waals surface area contributed by atoms with Crippen molar-refractivity contribution in [2.45, 2.75) is 19.4 Å². The summed E-state index contributed by atoms with van der Waals surface area (Å²) in [6.07, 6.45) is 2.75. The number of hydrogen-bond donors (Lipinski definition) is 1. The first kappa shape index (κ1) is 14.3. The van der Waals surface area contributed by atoms with Gasteiger partial charge in [-0.05, 0) is 47.1 Å². The highest BCUT2D eigenvalue weighted by Crippen LogP contribution is 2.29. The molecule has 0 aliphatic rings. The van der Waals surface area contributed by atoms with Crippen LogP contribution >= 0.6 is 15.9 Å². The van der Waals surface area contributed by atoms with Crippen LogP contribution in [0, 0.1) is 0 Å². The van der Waals surface area contributed by atoms with Gasteiger partial charge in [0.2, 0.25) is 0 Å². The molecule has 0 spiro atoms. The molecule has 0 saturated carbocycles. The summed E-state index contributed by atoms with van der Waals surface area (Å²) in [6.45, 7) is 3.06. The molecule has 1 aromatic carbocycles. The lowest BCUT2D eigenvalue weighted by Crippen LogP contribution is -2.24. The third kappa shape index (κ3) is 3.01. The third-order valence-electron chi connectivity index (χ3n) is 3.42.